The number of hydrogen-bond donors (Lipinski definition) is 1. The van der Waals surface area contributed by atoms with E-state index in [1.807, 2.05) is 0 Å². The summed E-state index contributed by atoms with van der Waals surface area (Å²) in [6, 6.07) is 0. The molecular formula is C9H13N3O2. The first-order valence-corrected chi connectivity index (χ1v) is 4.92. The summed E-state index contributed by atoms with van der Waals surface area (Å²) in [6.07, 6.45) is 4.60. The Hall–Kier alpha value is -1.22. The molecule has 0 aromatic heterocycles. The molecule has 5 heteroatoms. The molecule has 0 saturated heterocycles. The highest BCUT2D eigenvalue weighted by atomic mass is 16.4. The lowest BCUT2D eigenvalue weighted by molar-refractivity contribution is -0.159. The first-order valence-electron chi connectivity index (χ1n) is 4.92. The van der Waals surface area contributed by atoms with Gasteiger partial charge in [-0.15, -0.1) is 0 Å². The van der Waals surface area contributed by atoms with E-state index in [-0.39, 0.29) is 5.54 Å². The van der Waals surface area contributed by atoms with Gasteiger partial charge in [0.2, 0.25) is 0 Å². The van der Waals surface area contributed by atoms with Crippen LogP contribution in [0.2, 0.25) is 0 Å². The van der Waals surface area contributed by atoms with Crippen LogP contribution in [0.15, 0.2) is 5.11 Å². The van der Waals surface area contributed by atoms with Gasteiger partial charge in [0.25, 0.3) is 0 Å². The van der Waals surface area contributed by atoms with Crippen LogP contribution < -0.4 is 0 Å². The first kappa shape index (κ1) is 9.34. The monoisotopic (exact) mass is 195 g/mol. The predicted molar refractivity (Wildman–Crippen MR) is 49.6 cm³/mol. The van der Waals surface area contributed by atoms with Gasteiger partial charge in [-0.3, -0.25) is 4.79 Å². The molecule has 1 N–H and O–H groups in total. The molecule has 76 valence electrons. The van der Waals surface area contributed by atoms with E-state index < -0.39 is 11.4 Å². The van der Waals surface area contributed by atoms with Gasteiger partial charge in [0.15, 0.2) is 0 Å². The average molecular weight is 195 g/mol. The molecule has 0 amide bonds. The Morgan fingerprint density at radius 2 is 2.00 bits per heavy atom. The third-order valence-corrected chi connectivity index (χ3v) is 3.59. The smallest absolute Gasteiger partial charge is 0.309 e. The molecule has 2 bridgehead atoms. The van der Waals surface area contributed by atoms with E-state index in [9.17, 15) is 4.79 Å². The third-order valence-electron chi connectivity index (χ3n) is 3.59. The van der Waals surface area contributed by atoms with Gasteiger partial charge < -0.3 is 5.11 Å². The van der Waals surface area contributed by atoms with Gasteiger partial charge in [0.05, 0.1) is 11.0 Å². The second-order valence-electron chi connectivity index (χ2n) is 4.56. The predicted octanol–water partition coefficient (Wildman–Crippen LogP) is 2.47. The molecule has 0 aromatic rings. The topological polar surface area (TPSA) is 86.1 Å². The average Bonchev–Trinajstić information content (AvgIpc) is 2.34. The van der Waals surface area contributed by atoms with Crippen molar-refractivity contribution in [1.82, 2.24) is 0 Å². The Balaban J connectivity index is 2.23. The van der Waals surface area contributed by atoms with Crippen LogP contribution in [0.5, 0.6) is 0 Å². The molecule has 3 aliphatic carbocycles. The van der Waals surface area contributed by atoms with E-state index in [0.717, 1.165) is 25.7 Å². The maximum absolute atomic E-state index is 11.1. The molecule has 3 saturated carbocycles. The molecule has 3 aliphatic rings. The van der Waals surface area contributed by atoms with Crippen molar-refractivity contribution in [2.45, 2.75) is 44.1 Å². The fourth-order valence-corrected chi connectivity index (χ4v) is 2.95. The maximum atomic E-state index is 11.1. The molecule has 14 heavy (non-hydrogen) atoms. The minimum atomic E-state index is -0.719. The lowest BCUT2D eigenvalue weighted by Crippen LogP contribution is -2.53. The third kappa shape index (κ3) is 1.16. The zero-order valence-electron chi connectivity index (χ0n) is 7.94. The van der Waals surface area contributed by atoms with Gasteiger partial charge in [-0.25, -0.2) is 0 Å². The Morgan fingerprint density at radius 1 is 1.36 bits per heavy atom. The fourth-order valence-electron chi connectivity index (χ4n) is 2.95. The molecule has 0 unspecified atom stereocenters. The molecular weight excluding hydrogens is 182 g/mol. The summed E-state index contributed by atoms with van der Waals surface area (Å²) in [6.45, 7) is 0. The lowest BCUT2D eigenvalue weighted by atomic mass is 9.57. The summed E-state index contributed by atoms with van der Waals surface area (Å²) in [5.74, 6) is -0.719. The van der Waals surface area contributed by atoms with Crippen molar-refractivity contribution < 1.29 is 9.90 Å². The number of carbonyl (C=O) groups is 1. The van der Waals surface area contributed by atoms with E-state index in [2.05, 4.69) is 10.0 Å². The van der Waals surface area contributed by atoms with Gasteiger partial charge in [0, 0.05) is 4.91 Å². The molecule has 5 nitrogen and oxygen atoms in total. The van der Waals surface area contributed by atoms with Crippen molar-refractivity contribution in [3.05, 3.63) is 10.4 Å². The largest absolute Gasteiger partial charge is 0.481 e. The van der Waals surface area contributed by atoms with E-state index in [1.165, 1.54) is 0 Å². The first-order chi connectivity index (χ1) is 6.63. The van der Waals surface area contributed by atoms with E-state index in [0.29, 0.717) is 12.8 Å². The molecule has 0 aromatic carbocycles. The number of carboxylic acid groups (broad SMARTS) is 1. The minimum Gasteiger partial charge on any atom is -0.481 e. The molecule has 0 aliphatic heterocycles. The van der Waals surface area contributed by atoms with Crippen molar-refractivity contribution >= 4 is 5.97 Å². The molecule has 0 atom stereocenters. The SMILES string of the molecule is [N-]=[N+]=NC12CCCCC(C(=O)O)(C1)C2. The molecule has 0 spiro atoms. The van der Waals surface area contributed by atoms with Gasteiger partial charge in [-0.2, -0.15) is 0 Å². The van der Waals surface area contributed by atoms with Crippen molar-refractivity contribution in [2.75, 3.05) is 0 Å². The van der Waals surface area contributed by atoms with Crippen LogP contribution in [0.25, 0.3) is 10.4 Å². The van der Waals surface area contributed by atoms with E-state index in [4.69, 9.17) is 10.6 Å². The number of nitrogens with zero attached hydrogens (tertiary/aromatic N) is 3. The summed E-state index contributed by atoms with van der Waals surface area (Å²) in [4.78, 5) is 13.9. The zero-order valence-corrected chi connectivity index (χ0v) is 7.94. The number of rotatable bonds is 2. The van der Waals surface area contributed by atoms with Crippen molar-refractivity contribution in [2.24, 2.45) is 10.5 Å². The Labute approximate surface area is 81.7 Å². The highest BCUT2D eigenvalue weighted by molar-refractivity contribution is 5.76. The van der Waals surface area contributed by atoms with Gasteiger partial charge in [-0.1, -0.05) is 18.0 Å². The normalized spacial score (nSPS) is 40.3. The Morgan fingerprint density at radius 3 is 2.57 bits per heavy atom. The van der Waals surface area contributed by atoms with Gasteiger partial charge in [0.1, 0.15) is 0 Å². The summed E-state index contributed by atoms with van der Waals surface area (Å²) in [5, 5.41) is 12.9. The molecule has 0 radical (unpaired) electrons. The maximum Gasteiger partial charge on any atom is 0.309 e. The van der Waals surface area contributed by atoms with Crippen LogP contribution in [0.3, 0.4) is 0 Å². The second kappa shape index (κ2) is 2.89. The van der Waals surface area contributed by atoms with E-state index >= 15 is 0 Å². The van der Waals surface area contributed by atoms with Crippen LogP contribution in [-0.4, -0.2) is 16.6 Å². The minimum absolute atomic E-state index is 0.371. The number of aliphatic carboxylic acids is 1. The number of carboxylic acids is 1. The van der Waals surface area contributed by atoms with Crippen molar-refractivity contribution in [3.8, 4) is 0 Å². The summed E-state index contributed by atoms with van der Waals surface area (Å²) >= 11 is 0. The van der Waals surface area contributed by atoms with Crippen LogP contribution in [0.4, 0.5) is 0 Å². The van der Waals surface area contributed by atoms with Crippen LogP contribution >= 0.6 is 0 Å². The molecule has 3 rings (SSSR count). The van der Waals surface area contributed by atoms with Crippen molar-refractivity contribution in [1.29, 1.82) is 0 Å². The van der Waals surface area contributed by atoms with Gasteiger partial charge in [-0.05, 0) is 31.2 Å². The second-order valence-corrected chi connectivity index (χ2v) is 4.56. The number of hydrogen-bond acceptors (Lipinski definition) is 2. The quantitative estimate of drug-likeness (QED) is 0.417. The van der Waals surface area contributed by atoms with Gasteiger partial charge >= 0.3 is 5.97 Å². The number of fused-ring (bicyclic) bond motifs is 3. The van der Waals surface area contributed by atoms with E-state index in [1.54, 1.807) is 0 Å². The highest BCUT2D eigenvalue weighted by Gasteiger charge is 2.59. The summed E-state index contributed by atoms with van der Waals surface area (Å²) in [5.41, 5.74) is 7.48. The van der Waals surface area contributed by atoms with Crippen molar-refractivity contribution in [3.63, 3.8) is 0 Å². The fraction of sp³-hybridized carbons (Fsp3) is 0.889. The lowest BCUT2D eigenvalue weighted by Gasteiger charge is -2.49. The van der Waals surface area contributed by atoms with Crippen LogP contribution in [0.1, 0.15) is 38.5 Å². The highest BCUT2D eigenvalue weighted by Crippen LogP contribution is 2.58. The van der Waals surface area contributed by atoms with Crippen LogP contribution in [-0.2, 0) is 4.79 Å². The standard InChI is InChI=1S/C9H13N3O2/c10-12-11-9-4-2-1-3-8(5-9,6-9)7(13)14/h1-6H2,(H,13,14). The summed E-state index contributed by atoms with van der Waals surface area (Å²) < 4.78 is 0. The molecule has 3 fully saturated rings. The zero-order chi connectivity index (χ0) is 10.2. The Kier molecular flexibility index (Phi) is 1.93. The Bertz CT molecular complexity index is 298. The molecule has 0 heterocycles. The number of azide groups is 1. The van der Waals surface area contributed by atoms with Crippen LogP contribution in [0, 0.1) is 5.41 Å². The summed E-state index contributed by atoms with van der Waals surface area (Å²) in [7, 11) is 0.